The number of piperidine rings is 1. The highest BCUT2D eigenvalue weighted by Gasteiger charge is 2.54. The van der Waals surface area contributed by atoms with Crippen LogP contribution in [0.1, 0.15) is 30.4 Å². The van der Waals surface area contributed by atoms with E-state index in [1.807, 2.05) is 30.6 Å². The summed E-state index contributed by atoms with van der Waals surface area (Å²) in [6.45, 7) is 3.30. The Labute approximate surface area is 153 Å². The fourth-order valence-electron chi connectivity index (χ4n) is 4.10. The Balaban J connectivity index is 1.27. The minimum atomic E-state index is -0.335. The number of benzene rings is 1. The van der Waals surface area contributed by atoms with Gasteiger partial charge in [-0.25, -0.2) is 9.97 Å². The summed E-state index contributed by atoms with van der Waals surface area (Å²) in [6.07, 6.45) is 5.32. The van der Waals surface area contributed by atoms with Gasteiger partial charge < -0.3 is 15.5 Å². The summed E-state index contributed by atoms with van der Waals surface area (Å²) in [5.74, 6) is 0.635. The summed E-state index contributed by atoms with van der Waals surface area (Å²) < 4.78 is 0. The van der Waals surface area contributed by atoms with Crippen molar-refractivity contribution in [3.05, 3.63) is 53.9 Å². The van der Waals surface area contributed by atoms with Crippen molar-refractivity contribution in [3.8, 4) is 0 Å². The maximum absolute atomic E-state index is 10.0. The number of aromatic nitrogens is 2. The normalized spacial score (nSPS) is 25.0. The Hall–Kier alpha value is -2.02. The van der Waals surface area contributed by atoms with Gasteiger partial charge in [0.2, 0.25) is 5.95 Å². The Morgan fingerprint density at radius 3 is 2.27 bits per heavy atom. The van der Waals surface area contributed by atoms with E-state index in [9.17, 15) is 10.2 Å². The van der Waals surface area contributed by atoms with Crippen LogP contribution in [0.2, 0.25) is 0 Å². The van der Waals surface area contributed by atoms with Crippen molar-refractivity contribution in [1.82, 2.24) is 14.9 Å². The molecule has 6 nitrogen and oxygen atoms in total. The van der Waals surface area contributed by atoms with Crippen molar-refractivity contribution in [2.75, 3.05) is 18.4 Å². The van der Waals surface area contributed by atoms with Crippen molar-refractivity contribution < 1.29 is 10.2 Å². The summed E-state index contributed by atoms with van der Waals surface area (Å²) in [7, 11) is 0. The number of likely N-dealkylation sites (tertiary alicyclic amines) is 1. The van der Waals surface area contributed by atoms with Crippen LogP contribution in [0, 0.1) is 5.41 Å². The molecule has 0 bridgehead atoms. The maximum atomic E-state index is 10.0. The lowest BCUT2D eigenvalue weighted by Crippen LogP contribution is -2.61. The molecule has 1 aromatic heterocycles. The molecule has 1 aliphatic heterocycles. The second-order valence-electron chi connectivity index (χ2n) is 7.53. The standard InChI is InChI=1S/C20H26N4O2/c25-17-10-18(26)20(17)6-8-24(9-7-20)14-16-12-22-19(23-13-16)21-11-15-4-2-1-3-5-15/h1-5,12-13,17-18,25-26H,6-11,14H2,(H,21,22,23)/t17-,18+. The van der Waals surface area contributed by atoms with E-state index in [1.54, 1.807) is 0 Å². The van der Waals surface area contributed by atoms with Crippen molar-refractivity contribution in [1.29, 1.82) is 0 Å². The first kappa shape index (κ1) is 17.4. The van der Waals surface area contributed by atoms with Crippen LogP contribution in [0.15, 0.2) is 42.7 Å². The Morgan fingerprint density at radius 1 is 1.00 bits per heavy atom. The monoisotopic (exact) mass is 354 g/mol. The van der Waals surface area contributed by atoms with Crippen molar-refractivity contribution in [2.24, 2.45) is 5.41 Å². The van der Waals surface area contributed by atoms with E-state index in [4.69, 9.17) is 0 Å². The van der Waals surface area contributed by atoms with E-state index < -0.39 is 0 Å². The van der Waals surface area contributed by atoms with Gasteiger partial charge in [0.05, 0.1) is 12.2 Å². The van der Waals surface area contributed by atoms with E-state index in [2.05, 4.69) is 32.3 Å². The van der Waals surface area contributed by atoms with Gasteiger partial charge in [0, 0.05) is 42.9 Å². The molecule has 1 aliphatic carbocycles. The number of anilines is 1. The molecule has 2 aliphatic rings. The minimum Gasteiger partial charge on any atom is -0.392 e. The van der Waals surface area contributed by atoms with Crippen LogP contribution in [0.3, 0.4) is 0 Å². The molecule has 0 unspecified atom stereocenters. The van der Waals surface area contributed by atoms with Crippen LogP contribution >= 0.6 is 0 Å². The third-order valence-corrected chi connectivity index (χ3v) is 5.97. The van der Waals surface area contributed by atoms with Gasteiger partial charge in [-0.2, -0.15) is 0 Å². The lowest BCUT2D eigenvalue weighted by molar-refractivity contribution is -0.190. The van der Waals surface area contributed by atoms with E-state index >= 15 is 0 Å². The highest BCUT2D eigenvalue weighted by Crippen LogP contribution is 2.49. The lowest BCUT2D eigenvalue weighted by atomic mass is 9.58. The van der Waals surface area contributed by atoms with E-state index in [1.165, 1.54) is 5.56 Å². The first-order valence-corrected chi connectivity index (χ1v) is 9.33. The average molecular weight is 354 g/mol. The molecule has 3 N–H and O–H groups in total. The molecule has 1 spiro atoms. The number of aliphatic hydroxyl groups excluding tert-OH is 2. The fourth-order valence-corrected chi connectivity index (χ4v) is 4.10. The molecule has 4 rings (SSSR count). The first-order chi connectivity index (χ1) is 12.7. The fraction of sp³-hybridized carbons (Fsp3) is 0.500. The summed E-state index contributed by atoms with van der Waals surface area (Å²) in [5.41, 5.74) is 2.03. The predicted molar refractivity (Wildman–Crippen MR) is 99.4 cm³/mol. The molecule has 1 aromatic carbocycles. The molecule has 1 saturated heterocycles. The maximum Gasteiger partial charge on any atom is 0.222 e. The highest BCUT2D eigenvalue weighted by molar-refractivity contribution is 5.28. The number of aliphatic hydroxyl groups is 2. The van der Waals surface area contributed by atoms with Gasteiger partial charge in [0.25, 0.3) is 0 Å². The quantitative estimate of drug-likeness (QED) is 0.760. The molecule has 2 fully saturated rings. The SMILES string of the molecule is O[C@@H]1C[C@H](O)C12CCN(Cc1cnc(NCc3ccccc3)nc1)CC2. The predicted octanol–water partition coefficient (Wildman–Crippen LogP) is 1.80. The van der Waals surface area contributed by atoms with Crippen LogP contribution in [-0.4, -0.2) is 50.4 Å². The van der Waals surface area contributed by atoms with Gasteiger partial charge in [-0.3, -0.25) is 4.90 Å². The summed E-state index contributed by atoms with van der Waals surface area (Å²) in [5, 5.41) is 23.3. The van der Waals surface area contributed by atoms with Crippen LogP contribution in [0.5, 0.6) is 0 Å². The summed E-state index contributed by atoms with van der Waals surface area (Å²) in [6, 6.07) is 10.2. The van der Waals surface area contributed by atoms with Gasteiger partial charge in [-0.1, -0.05) is 30.3 Å². The van der Waals surface area contributed by atoms with E-state index in [-0.39, 0.29) is 17.6 Å². The minimum absolute atomic E-state index is 0.252. The largest absolute Gasteiger partial charge is 0.392 e. The Bertz CT molecular complexity index is 704. The molecule has 2 aromatic rings. The van der Waals surface area contributed by atoms with Crippen molar-refractivity contribution >= 4 is 5.95 Å². The first-order valence-electron chi connectivity index (χ1n) is 9.33. The van der Waals surface area contributed by atoms with Gasteiger partial charge in [-0.15, -0.1) is 0 Å². The zero-order valence-electron chi connectivity index (χ0n) is 14.9. The number of nitrogens with zero attached hydrogens (tertiary/aromatic N) is 3. The van der Waals surface area contributed by atoms with E-state index in [0.717, 1.165) is 38.0 Å². The molecular formula is C20H26N4O2. The third kappa shape index (κ3) is 3.45. The smallest absolute Gasteiger partial charge is 0.222 e. The van der Waals surface area contributed by atoms with Gasteiger partial charge >= 0.3 is 0 Å². The lowest BCUT2D eigenvalue weighted by Gasteiger charge is -2.55. The molecule has 1 saturated carbocycles. The van der Waals surface area contributed by atoms with Crippen molar-refractivity contribution in [2.45, 2.75) is 44.6 Å². The molecular weight excluding hydrogens is 328 g/mol. The van der Waals surface area contributed by atoms with Crippen LogP contribution in [0.4, 0.5) is 5.95 Å². The Morgan fingerprint density at radius 2 is 1.65 bits per heavy atom. The molecule has 138 valence electrons. The number of rotatable bonds is 5. The van der Waals surface area contributed by atoms with Crippen LogP contribution in [0.25, 0.3) is 0 Å². The van der Waals surface area contributed by atoms with Crippen LogP contribution in [-0.2, 0) is 13.1 Å². The second-order valence-corrected chi connectivity index (χ2v) is 7.53. The number of nitrogens with one attached hydrogen (secondary N) is 1. The average Bonchev–Trinajstić information content (AvgIpc) is 2.69. The third-order valence-electron chi connectivity index (χ3n) is 5.97. The van der Waals surface area contributed by atoms with Crippen molar-refractivity contribution in [3.63, 3.8) is 0 Å². The van der Waals surface area contributed by atoms with Crippen LogP contribution < -0.4 is 5.32 Å². The zero-order valence-corrected chi connectivity index (χ0v) is 14.9. The molecule has 6 heteroatoms. The zero-order chi connectivity index (χ0) is 18.0. The van der Waals surface area contributed by atoms with Gasteiger partial charge in [0.15, 0.2) is 0 Å². The summed E-state index contributed by atoms with van der Waals surface area (Å²) >= 11 is 0. The Kier molecular flexibility index (Phi) is 4.89. The summed E-state index contributed by atoms with van der Waals surface area (Å²) in [4.78, 5) is 11.2. The second kappa shape index (κ2) is 7.31. The van der Waals surface area contributed by atoms with E-state index in [0.29, 0.717) is 18.9 Å². The number of hydrogen-bond acceptors (Lipinski definition) is 6. The highest BCUT2D eigenvalue weighted by atomic mass is 16.3. The molecule has 2 atom stereocenters. The molecule has 0 radical (unpaired) electrons. The topological polar surface area (TPSA) is 81.5 Å². The van der Waals surface area contributed by atoms with Gasteiger partial charge in [-0.05, 0) is 31.5 Å². The molecule has 0 amide bonds. The number of hydrogen-bond donors (Lipinski definition) is 3. The molecule has 2 heterocycles. The van der Waals surface area contributed by atoms with Gasteiger partial charge in [0.1, 0.15) is 0 Å². The molecule has 26 heavy (non-hydrogen) atoms.